The zero-order valence-electron chi connectivity index (χ0n) is 15.1. The number of nitrogens with zero attached hydrogens (tertiary/aromatic N) is 3. The summed E-state index contributed by atoms with van der Waals surface area (Å²) in [5, 5.41) is 5.38. The number of benzene rings is 1. The Morgan fingerprint density at radius 2 is 1.88 bits per heavy atom. The smallest absolute Gasteiger partial charge is 0.319 e. The van der Waals surface area contributed by atoms with Crippen LogP contribution in [0.25, 0.3) is 0 Å². The minimum absolute atomic E-state index is 0.00627. The van der Waals surface area contributed by atoms with Crippen LogP contribution in [0, 0.1) is 5.92 Å². The molecule has 2 aliphatic heterocycles. The molecule has 3 rings (SSSR count). The Kier molecular flexibility index (Phi) is 6.64. The van der Waals surface area contributed by atoms with E-state index in [2.05, 4.69) is 9.80 Å². The molecule has 0 spiro atoms. The number of piperidine rings is 1. The van der Waals surface area contributed by atoms with Gasteiger partial charge in [-0.05, 0) is 37.1 Å². The third-order valence-corrected chi connectivity index (χ3v) is 5.47. The fourth-order valence-corrected chi connectivity index (χ4v) is 3.77. The number of Topliss-reactive ketones (excluding diaryl/α,β-unsaturated/α-hetero) is 1. The van der Waals surface area contributed by atoms with Gasteiger partial charge >= 0.3 is 5.97 Å². The van der Waals surface area contributed by atoms with Crippen LogP contribution in [-0.2, 0) is 9.53 Å². The molecule has 141 valence electrons. The summed E-state index contributed by atoms with van der Waals surface area (Å²) in [5.74, 6) is -0.00732. The maximum atomic E-state index is 12.8. The van der Waals surface area contributed by atoms with Crippen LogP contribution < -0.4 is 5.32 Å². The number of ketones is 1. The van der Waals surface area contributed by atoms with Crippen LogP contribution in [0.2, 0.25) is 5.02 Å². The number of piperazine rings is 1. The fraction of sp³-hybridized carbons (Fsp3) is 0.579. The third-order valence-electron chi connectivity index (χ3n) is 5.22. The first kappa shape index (κ1) is 19.3. The second-order valence-electron chi connectivity index (χ2n) is 6.87. The molecule has 1 aromatic carbocycles. The molecule has 2 aliphatic rings. The molecule has 2 fully saturated rings. The highest BCUT2D eigenvalue weighted by atomic mass is 35.5. The SMILES string of the molecule is COC(=O)CN1CCN(C2CC(C(=O)c3ccc(Cl)cc3)CC[N]2)CC1. The lowest BCUT2D eigenvalue weighted by Gasteiger charge is -2.41. The molecule has 1 aromatic rings. The van der Waals surface area contributed by atoms with Crippen molar-refractivity contribution in [2.45, 2.75) is 19.0 Å². The second-order valence-corrected chi connectivity index (χ2v) is 7.30. The molecule has 0 N–H and O–H groups in total. The van der Waals surface area contributed by atoms with Crippen LogP contribution in [0.3, 0.4) is 0 Å². The molecular weight excluding hydrogens is 354 g/mol. The number of hydrogen-bond donors (Lipinski definition) is 0. The highest BCUT2D eigenvalue weighted by Crippen LogP contribution is 2.25. The molecule has 0 aliphatic carbocycles. The topological polar surface area (TPSA) is 64.0 Å². The number of ether oxygens (including phenoxy) is 1. The van der Waals surface area contributed by atoms with Crippen molar-refractivity contribution in [1.82, 2.24) is 15.1 Å². The van der Waals surface area contributed by atoms with Gasteiger partial charge in [-0.2, -0.15) is 0 Å². The summed E-state index contributed by atoms with van der Waals surface area (Å²) >= 11 is 5.91. The Morgan fingerprint density at radius 3 is 2.54 bits per heavy atom. The third kappa shape index (κ3) is 4.82. The molecule has 1 radical (unpaired) electrons. The van der Waals surface area contributed by atoms with Crippen molar-refractivity contribution in [2.75, 3.05) is 46.4 Å². The van der Waals surface area contributed by atoms with Gasteiger partial charge in [-0.15, -0.1) is 0 Å². The highest BCUT2D eigenvalue weighted by molar-refractivity contribution is 6.30. The number of halogens is 1. The quantitative estimate of drug-likeness (QED) is 0.576. The molecule has 2 atom stereocenters. The van der Waals surface area contributed by atoms with E-state index in [0.717, 1.165) is 51.1 Å². The summed E-state index contributed by atoms with van der Waals surface area (Å²) in [6, 6.07) is 7.13. The van der Waals surface area contributed by atoms with Gasteiger partial charge in [-0.3, -0.25) is 19.4 Å². The second kappa shape index (κ2) is 8.95. The molecule has 2 saturated heterocycles. The van der Waals surface area contributed by atoms with Crippen molar-refractivity contribution in [1.29, 1.82) is 0 Å². The average molecular weight is 379 g/mol. The first-order valence-electron chi connectivity index (χ1n) is 9.06. The Hall–Kier alpha value is -1.47. The number of rotatable bonds is 5. The van der Waals surface area contributed by atoms with Crippen LogP contribution >= 0.6 is 11.6 Å². The lowest BCUT2D eigenvalue weighted by molar-refractivity contribution is -0.142. The summed E-state index contributed by atoms with van der Waals surface area (Å²) in [4.78, 5) is 28.6. The maximum Gasteiger partial charge on any atom is 0.319 e. The molecule has 26 heavy (non-hydrogen) atoms. The van der Waals surface area contributed by atoms with E-state index in [0.29, 0.717) is 11.6 Å². The molecule has 2 heterocycles. The molecule has 6 nitrogen and oxygen atoms in total. The minimum atomic E-state index is -0.200. The Balaban J connectivity index is 1.53. The van der Waals surface area contributed by atoms with E-state index in [9.17, 15) is 9.59 Å². The monoisotopic (exact) mass is 378 g/mol. The summed E-state index contributed by atoms with van der Waals surface area (Å²) in [7, 11) is 1.41. The van der Waals surface area contributed by atoms with E-state index >= 15 is 0 Å². The lowest BCUT2D eigenvalue weighted by Crippen LogP contribution is -2.55. The van der Waals surface area contributed by atoms with Gasteiger partial charge in [-0.25, -0.2) is 5.32 Å². The molecule has 2 unspecified atom stereocenters. The summed E-state index contributed by atoms with van der Waals surface area (Å²) < 4.78 is 4.73. The number of methoxy groups -OCH3 is 1. The molecule has 0 amide bonds. The van der Waals surface area contributed by atoms with E-state index in [-0.39, 0.29) is 23.8 Å². The van der Waals surface area contributed by atoms with Crippen molar-refractivity contribution in [3.05, 3.63) is 34.9 Å². The highest BCUT2D eigenvalue weighted by Gasteiger charge is 2.33. The lowest BCUT2D eigenvalue weighted by atomic mass is 9.87. The van der Waals surface area contributed by atoms with E-state index in [1.165, 1.54) is 7.11 Å². The van der Waals surface area contributed by atoms with Gasteiger partial charge in [-0.1, -0.05) is 11.6 Å². The predicted octanol–water partition coefficient (Wildman–Crippen LogP) is 1.65. The van der Waals surface area contributed by atoms with Crippen LogP contribution in [0.4, 0.5) is 0 Å². The Bertz CT molecular complexity index is 629. The molecule has 7 heteroatoms. The maximum absolute atomic E-state index is 12.8. The first-order chi connectivity index (χ1) is 12.6. The Morgan fingerprint density at radius 1 is 1.19 bits per heavy atom. The zero-order chi connectivity index (χ0) is 18.5. The van der Waals surface area contributed by atoms with Crippen LogP contribution in [0.15, 0.2) is 24.3 Å². The number of carbonyl (C=O) groups excluding carboxylic acids is 2. The zero-order valence-corrected chi connectivity index (χ0v) is 15.8. The largest absolute Gasteiger partial charge is 0.468 e. The standard InChI is InChI=1S/C19H25ClN3O3/c1-26-18(24)13-22-8-10-23(11-9-22)17-12-15(6-7-21-17)19(25)14-2-4-16(20)5-3-14/h2-5,15,17H,6-13H2,1H3. The van der Waals surface area contributed by atoms with Gasteiger partial charge in [0.05, 0.1) is 19.8 Å². The van der Waals surface area contributed by atoms with Gasteiger partial charge in [0.15, 0.2) is 5.78 Å². The number of carbonyl (C=O) groups is 2. The number of hydrogen-bond acceptors (Lipinski definition) is 5. The van der Waals surface area contributed by atoms with Gasteiger partial charge in [0, 0.05) is 49.2 Å². The van der Waals surface area contributed by atoms with Crippen molar-refractivity contribution in [2.24, 2.45) is 5.92 Å². The molecular formula is C19H25ClN3O3. The number of esters is 1. The van der Waals surface area contributed by atoms with Crippen LogP contribution in [-0.4, -0.2) is 74.1 Å². The van der Waals surface area contributed by atoms with Crippen molar-refractivity contribution >= 4 is 23.4 Å². The van der Waals surface area contributed by atoms with Gasteiger partial charge in [0.2, 0.25) is 0 Å². The van der Waals surface area contributed by atoms with Gasteiger partial charge < -0.3 is 4.74 Å². The van der Waals surface area contributed by atoms with Crippen molar-refractivity contribution in [3.8, 4) is 0 Å². The van der Waals surface area contributed by atoms with Gasteiger partial charge in [0.1, 0.15) is 0 Å². The van der Waals surface area contributed by atoms with Crippen LogP contribution in [0.5, 0.6) is 0 Å². The molecule has 0 aromatic heterocycles. The molecule has 0 bridgehead atoms. The minimum Gasteiger partial charge on any atom is -0.468 e. The summed E-state index contributed by atoms with van der Waals surface area (Å²) in [6.45, 7) is 4.40. The van der Waals surface area contributed by atoms with Crippen molar-refractivity contribution < 1.29 is 14.3 Å². The normalized spacial score (nSPS) is 25.0. The molecule has 0 saturated carbocycles. The van der Waals surface area contributed by atoms with Crippen LogP contribution in [0.1, 0.15) is 23.2 Å². The Labute approximate surface area is 159 Å². The predicted molar refractivity (Wildman–Crippen MR) is 99.3 cm³/mol. The first-order valence-corrected chi connectivity index (χ1v) is 9.44. The average Bonchev–Trinajstić information content (AvgIpc) is 2.68. The fourth-order valence-electron chi connectivity index (χ4n) is 3.65. The summed E-state index contributed by atoms with van der Waals surface area (Å²) in [6.07, 6.45) is 1.66. The van der Waals surface area contributed by atoms with E-state index in [1.54, 1.807) is 24.3 Å². The van der Waals surface area contributed by atoms with E-state index < -0.39 is 0 Å². The summed E-state index contributed by atoms with van der Waals surface area (Å²) in [5.41, 5.74) is 0.725. The van der Waals surface area contributed by atoms with E-state index in [1.807, 2.05) is 0 Å². The van der Waals surface area contributed by atoms with Gasteiger partial charge in [0.25, 0.3) is 0 Å². The van der Waals surface area contributed by atoms with Crippen molar-refractivity contribution in [3.63, 3.8) is 0 Å². The van der Waals surface area contributed by atoms with E-state index in [4.69, 9.17) is 21.7 Å².